The summed E-state index contributed by atoms with van der Waals surface area (Å²) in [6.07, 6.45) is 2.86. The Morgan fingerprint density at radius 3 is 3.07 bits per heavy atom. The van der Waals surface area contributed by atoms with Gasteiger partial charge in [-0.25, -0.2) is 4.98 Å². The van der Waals surface area contributed by atoms with Gasteiger partial charge in [-0.2, -0.15) is 0 Å². The molecular formula is C20H27N3O4S. The third-order valence-electron chi connectivity index (χ3n) is 4.58. The summed E-state index contributed by atoms with van der Waals surface area (Å²) in [5.74, 6) is 0.131. The molecule has 0 saturated carbocycles. The van der Waals surface area contributed by atoms with Crippen molar-refractivity contribution in [2.24, 2.45) is 0 Å². The molecule has 0 bridgehead atoms. The molecule has 7 nitrogen and oxygen atoms in total. The van der Waals surface area contributed by atoms with Crippen LogP contribution in [0.1, 0.15) is 26.2 Å². The molecule has 0 unspecified atom stereocenters. The number of fused-ring (bicyclic) bond motifs is 1. The molecule has 2 heterocycles. The van der Waals surface area contributed by atoms with E-state index in [9.17, 15) is 9.59 Å². The summed E-state index contributed by atoms with van der Waals surface area (Å²) in [5.41, 5.74) is 0.570. The minimum absolute atomic E-state index is 0.0793. The molecule has 152 valence electrons. The molecular weight excluding hydrogens is 378 g/mol. The monoisotopic (exact) mass is 405 g/mol. The van der Waals surface area contributed by atoms with E-state index >= 15 is 0 Å². The summed E-state index contributed by atoms with van der Waals surface area (Å²) in [6.45, 7) is 4.99. The number of amides is 1. The first-order valence-electron chi connectivity index (χ1n) is 9.77. The highest BCUT2D eigenvalue weighted by atomic mass is 32.2. The molecule has 1 atom stereocenters. The molecule has 2 aromatic rings. The van der Waals surface area contributed by atoms with Crippen LogP contribution in [0, 0.1) is 0 Å². The number of benzene rings is 1. The van der Waals surface area contributed by atoms with E-state index in [0.29, 0.717) is 48.8 Å². The Labute approximate surface area is 168 Å². The normalized spacial score (nSPS) is 16.5. The Kier molecular flexibility index (Phi) is 7.88. The van der Waals surface area contributed by atoms with Gasteiger partial charge < -0.3 is 14.8 Å². The number of carbonyl (C=O) groups is 1. The number of carbonyl (C=O) groups excluding carboxylic acids is 1. The fourth-order valence-corrected chi connectivity index (χ4v) is 3.99. The van der Waals surface area contributed by atoms with Crippen LogP contribution in [-0.2, 0) is 20.8 Å². The summed E-state index contributed by atoms with van der Waals surface area (Å²) in [5, 5.41) is 4.06. The highest BCUT2D eigenvalue weighted by Crippen LogP contribution is 2.18. The minimum atomic E-state index is -0.0798. The molecule has 1 aliphatic heterocycles. The standard InChI is InChI=1S/C20H27N3O4S/c1-2-26-11-6-10-23-19(25)16-8-3-4-9-17(16)22-20(23)28-14-18(24)21-13-15-7-5-12-27-15/h3-4,8-9,15H,2,5-7,10-14H2,1H3,(H,21,24)/t15-/m0/s1. The van der Waals surface area contributed by atoms with E-state index in [0.717, 1.165) is 19.4 Å². The van der Waals surface area contributed by atoms with Crippen LogP contribution in [0.3, 0.4) is 0 Å². The van der Waals surface area contributed by atoms with Crippen molar-refractivity contribution in [2.45, 2.75) is 44.0 Å². The number of nitrogens with one attached hydrogen (secondary N) is 1. The van der Waals surface area contributed by atoms with Crippen molar-refractivity contribution in [1.29, 1.82) is 0 Å². The molecule has 1 aromatic carbocycles. The molecule has 3 rings (SSSR count). The van der Waals surface area contributed by atoms with E-state index in [1.807, 2.05) is 25.1 Å². The highest BCUT2D eigenvalue weighted by molar-refractivity contribution is 7.99. The van der Waals surface area contributed by atoms with Crippen molar-refractivity contribution in [3.8, 4) is 0 Å². The van der Waals surface area contributed by atoms with Crippen LogP contribution in [0.15, 0.2) is 34.2 Å². The third kappa shape index (κ3) is 5.56. The number of nitrogens with zero attached hydrogens (tertiary/aromatic N) is 2. The van der Waals surface area contributed by atoms with Crippen molar-refractivity contribution in [3.63, 3.8) is 0 Å². The lowest BCUT2D eigenvalue weighted by Crippen LogP contribution is -2.33. The fourth-order valence-electron chi connectivity index (χ4n) is 3.14. The summed E-state index contributed by atoms with van der Waals surface area (Å²) in [6, 6.07) is 7.30. The second-order valence-electron chi connectivity index (χ2n) is 6.65. The van der Waals surface area contributed by atoms with Crippen molar-refractivity contribution >= 4 is 28.6 Å². The number of ether oxygens (including phenoxy) is 2. The second-order valence-corrected chi connectivity index (χ2v) is 7.59. The lowest BCUT2D eigenvalue weighted by Gasteiger charge is -2.14. The van der Waals surface area contributed by atoms with Gasteiger partial charge >= 0.3 is 0 Å². The Morgan fingerprint density at radius 2 is 2.29 bits per heavy atom. The first-order chi connectivity index (χ1) is 13.7. The number of para-hydroxylation sites is 1. The Bertz CT molecular complexity index is 849. The first-order valence-corrected chi connectivity index (χ1v) is 10.8. The van der Waals surface area contributed by atoms with Gasteiger partial charge in [0.05, 0.1) is 22.8 Å². The zero-order valence-electron chi connectivity index (χ0n) is 16.2. The number of aromatic nitrogens is 2. The summed E-state index contributed by atoms with van der Waals surface area (Å²) >= 11 is 1.29. The van der Waals surface area contributed by atoms with E-state index in [1.165, 1.54) is 11.8 Å². The molecule has 0 spiro atoms. The quantitative estimate of drug-likeness (QED) is 0.371. The van der Waals surface area contributed by atoms with Gasteiger partial charge in [-0.05, 0) is 38.3 Å². The van der Waals surface area contributed by atoms with Gasteiger partial charge in [0.15, 0.2) is 5.16 Å². The molecule has 1 saturated heterocycles. The number of hydrogen-bond donors (Lipinski definition) is 1. The Balaban J connectivity index is 1.68. The zero-order valence-corrected chi connectivity index (χ0v) is 17.0. The maximum Gasteiger partial charge on any atom is 0.262 e. The van der Waals surface area contributed by atoms with Gasteiger partial charge in [0.1, 0.15) is 0 Å². The molecule has 0 radical (unpaired) electrons. The van der Waals surface area contributed by atoms with Gasteiger partial charge in [-0.15, -0.1) is 0 Å². The zero-order chi connectivity index (χ0) is 19.8. The molecule has 1 fully saturated rings. The van der Waals surface area contributed by atoms with Crippen molar-refractivity contribution in [2.75, 3.05) is 32.1 Å². The molecule has 8 heteroatoms. The van der Waals surface area contributed by atoms with Gasteiger partial charge in [0, 0.05) is 32.9 Å². The van der Waals surface area contributed by atoms with Crippen LogP contribution in [0.4, 0.5) is 0 Å². The number of thioether (sulfide) groups is 1. The average molecular weight is 406 g/mol. The highest BCUT2D eigenvalue weighted by Gasteiger charge is 2.17. The average Bonchev–Trinajstić information content (AvgIpc) is 3.23. The summed E-state index contributed by atoms with van der Waals surface area (Å²) in [4.78, 5) is 29.7. The second kappa shape index (κ2) is 10.6. The molecule has 1 aromatic heterocycles. The van der Waals surface area contributed by atoms with E-state index in [4.69, 9.17) is 9.47 Å². The maximum atomic E-state index is 12.9. The van der Waals surface area contributed by atoms with E-state index in [2.05, 4.69) is 10.3 Å². The predicted molar refractivity (Wildman–Crippen MR) is 110 cm³/mol. The topological polar surface area (TPSA) is 82.4 Å². The van der Waals surface area contributed by atoms with Crippen LogP contribution in [0.2, 0.25) is 0 Å². The van der Waals surface area contributed by atoms with Crippen molar-refractivity contribution in [1.82, 2.24) is 14.9 Å². The predicted octanol–water partition coefficient (Wildman–Crippen LogP) is 2.21. The number of hydrogen-bond acceptors (Lipinski definition) is 6. The van der Waals surface area contributed by atoms with Gasteiger partial charge in [0.25, 0.3) is 5.56 Å². The van der Waals surface area contributed by atoms with Crippen LogP contribution in [-0.4, -0.2) is 53.7 Å². The van der Waals surface area contributed by atoms with E-state index < -0.39 is 0 Å². The lowest BCUT2D eigenvalue weighted by atomic mass is 10.2. The van der Waals surface area contributed by atoms with Crippen molar-refractivity contribution in [3.05, 3.63) is 34.6 Å². The van der Waals surface area contributed by atoms with Gasteiger partial charge in [-0.1, -0.05) is 23.9 Å². The Hall–Kier alpha value is -1.90. The van der Waals surface area contributed by atoms with Gasteiger partial charge in [0.2, 0.25) is 5.91 Å². The lowest BCUT2D eigenvalue weighted by molar-refractivity contribution is -0.119. The van der Waals surface area contributed by atoms with Crippen molar-refractivity contribution < 1.29 is 14.3 Å². The molecule has 0 aliphatic carbocycles. The van der Waals surface area contributed by atoms with Crippen LogP contribution >= 0.6 is 11.8 Å². The third-order valence-corrected chi connectivity index (χ3v) is 5.56. The SMILES string of the molecule is CCOCCCn1c(SCC(=O)NC[C@@H]2CCCO2)nc2ccccc2c1=O. The maximum absolute atomic E-state index is 12.9. The summed E-state index contributed by atoms with van der Waals surface area (Å²) in [7, 11) is 0. The smallest absolute Gasteiger partial charge is 0.262 e. The van der Waals surface area contributed by atoms with E-state index in [1.54, 1.807) is 10.6 Å². The van der Waals surface area contributed by atoms with Crippen LogP contribution < -0.4 is 10.9 Å². The van der Waals surface area contributed by atoms with Gasteiger partial charge in [-0.3, -0.25) is 14.2 Å². The minimum Gasteiger partial charge on any atom is -0.382 e. The Morgan fingerprint density at radius 1 is 1.43 bits per heavy atom. The molecule has 1 amide bonds. The molecule has 1 N–H and O–H groups in total. The van der Waals surface area contributed by atoms with Crippen LogP contribution in [0.25, 0.3) is 10.9 Å². The largest absolute Gasteiger partial charge is 0.382 e. The first kappa shape index (κ1) is 20.8. The molecule has 1 aliphatic rings. The fraction of sp³-hybridized carbons (Fsp3) is 0.550. The van der Waals surface area contributed by atoms with E-state index in [-0.39, 0.29) is 23.3 Å². The summed E-state index contributed by atoms with van der Waals surface area (Å²) < 4.78 is 12.6. The molecule has 28 heavy (non-hydrogen) atoms. The number of rotatable bonds is 10. The van der Waals surface area contributed by atoms with Crippen LogP contribution in [0.5, 0.6) is 0 Å².